The van der Waals surface area contributed by atoms with Crippen LogP contribution in [0.25, 0.3) is 0 Å². The van der Waals surface area contributed by atoms with E-state index in [9.17, 15) is 4.79 Å². The fourth-order valence-electron chi connectivity index (χ4n) is 1.96. The van der Waals surface area contributed by atoms with Gasteiger partial charge in [-0.25, -0.2) is 0 Å². The Balaban J connectivity index is 2.13. The van der Waals surface area contributed by atoms with E-state index >= 15 is 0 Å². The van der Waals surface area contributed by atoms with Gasteiger partial charge in [0.15, 0.2) is 0 Å². The van der Waals surface area contributed by atoms with Crippen LogP contribution < -0.4 is 0 Å². The zero-order valence-electron chi connectivity index (χ0n) is 9.27. The first kappa shape index (κ1) is 11.5. The standard InChI is InChI=1S/C11H14ClNO3/c1-7-5-13(6-8(2)16-7)11(14)9-3-4-15-10(9)12/h3-4,7-8H,5-6H2,1-2H3/t7-,8+. The van der Waals surface area contributed by atoms with Crippen LogP contribution in [0.15, 0.2) is 16.7 Å². The van der Waals surface area contributed by atoms with Crippen LogP contribution in [-0.2, 0) is 4.74 Å². The first-order chi connectivity index (χ1) is 7.58. The number of carbonyl (C=O) groups is 1. The summed E-state index contributed by atoms with van der Waals surface area (Å²) in [5.74, 6) is -0.0965. The van der Waals surface area contributed by atoms with Gasteiger partial charge in [-0.2, -0.15) is 0 Å². The third-order valence-electron chi connectivity index (χ3n) is 2.56. The van der Waals surface area contributed by atoms with Crippen LogP contribution in [0.1, 0.15) is 24.2 Å². The van der Waals surface area contributed by atoms with Crippen molar-refractivity contribution in [2.75, 3.05) is 13.1 Å². The van der Waals surface area contributed by atoms with Crippen LogP contribution in [0, 0.1) is 0 Å². The number of morpholine rings is 1. The quantitative estimate of drug-likeness (QED) is 0.759. The second kappa shape index (κ2) is 4.47. The highest BCUT2D eigenvalue weighted by Gasteiger charge is 2.28. The second-order valence-corrected chi connectivity index (χ2v) is 4.42. The number of amides is 1. The van der Waals surface area contributed by atoms with Crippen molar-refractivity contribution in [2.24, 2.45) is 0 Å². The average Bonchev–Trinajstić information content (AvgIpc) is 2.62. The second-order valence-electron chi connectivity index (χ2n) is 4.08. The summed E-state index contributed by atoms with van der Waals surface area (Å²) < 4.78 is 10.5. The van der Waals surface area contributed by atoms with Crippen LogP contribution in [-0.4, -0.2) is 36.1 Å². The molecule has 0 bridgehead atoms. The van der Waals surface area contributed by atoms with E-state index in [1.807, 2.05) is 13.8 Å². The molecule has 1 fully saturated rings. The molecule has 2 rings (SSSR count). The van der Waals surface area contributed by atoms with Crippen molar-refractivity contribution in [1.29, 1.82) is 0 Å². The molecule has 0 unspecified atom stereocenters. The van der Waals surface area contributed by atoms with E-state index in [0.717, 1.165) is 0 Å². The number of rotatable bonds is 1. The van der Waals surface area contributed by atoms with Crippen LogP contribution in [0.2, 0.25) is 5.22 Å². The van der Waals surface area contributed by atoms with Gasteiger partial charge in [-0.3, -0.25) is 4.79 Å². The van der Waals surface area contributed by atoms with Gasteiger partial charge >= 0.3 is 0 Å². The van der Waals surface area contributed by atoms with Gasteiger partial charge in [0.1, 0.15) is 0 Å². The highest BCUT2D eigenvalue weighted by Crippen LogP contribution is 2.21. The van der Waals surface area contributed by atoms with E-state index in [0.29, 0.717) is 18.7 Å². The molecule has 16 heavy (non-hydrogen) atoms. The molecule has 0 aliphatic carbocycles. The van der Waals surface area contributed by atoms with Crippen LogP contribution in [0.3, 0.4) is 0 Å². The fourth-order valence-corrected chi connectivity index (χ4v) is 2.16. The van der Waals surface area contributed by atoms with Gasteiger partial charge in [-0.1, -0.05) is 0 Å². The molecule has 4 nitrogen and oxygen atoms in total. The smallest absolute Gasteiger partial charge is 0.258 e. The zero-order valence-corrected chi connectivity index (χ0v) is 10.0. The Morgan fingerprint density at radius 1 is 1.44 bits per heavy atom. The molecule has 1 aromatic heterocycles. The minimum absolute atomic E-state index is 0.0541. The summed E-state index contributed by atoms with van der Waals surface area (Å²) in [6.45, 7) is 5.08. The first-order valence-corrected chi connectivity index (χ1v) is 5.63. The Labute approximate surface area is 99.1 Å². The Bertz CT molecular complexity index is 380. The summed E-state index contributed by atoms with van der Waals surface area (Å²) in [5, 5.41) is 0.150. The van der Waals surface area contributed by atoms with Crippen molar-refractivity contribution in [3.8, 4) is 0 Å². The minimum atomic E-state index is -0.0965. The van der Waals surface area contributed by atoms with Crippen LogP contribution in [0.4, 0.5) is 0 Å². The summed E-state index contributed by atoms with van der Waals surface area (Å²) in [5.41, 5.74) is 0.419. The molecule has 0 N–H and O–H groups in total. The number of hydrogen-bond donors (Lipinski definition) is 0. The zero-order chi connectivity index (χ0) is 11.7. The van der Waals surface area contributed by atoms with Gasteiger partial charge in [0.05, 0.1) is 24.0 Å². The van der Waals surface area contributed by atoms with Crippen molar-refractivity contribution in [3.63, 3.8) is 0 Å². The van der Waals surface area contributed by atoms with Crippen molar-refractivity contribution in [1.82, 2.24) is 4.90 Å². The molecule has 2 heterocycles. The van der Waals surface area contributed by atoms with Crippen LogP contribution >= 0.6 is 11.6 Å². The molecular weight excluding hydrogens is 230 g/mol. The van der Waals surface area contributed by atoms with Gasteiger partial charge in [0, 0.05) is 13.1 Å². The number of nitrogens with zero attached hydrogens (tertiary/aromatic N) is 1. The molecule has 2 atom stereocenters. The molecule has 88 valence electrons. The molecule has 0 spiro atoms. The molecular formula is C11H14ClNO3. The maximum Gasteiger partial charge on any atom is 0.258 e. The molecule has 1 amide bonds. The highest BCUT2D eigenvalue weighted by atomic mass is 35.5. The third kappa shape index (κ3) is 2.23. The largest absolute Gasteiger partial charge is 0.452 e. The number of carbonyl (C=O) groups excluding carboxylic acids is 1. The van der Waals surface area contributed by atoms with E-state index in [1.165, 1.54) is 6.26 Å². The summed E-state index contributed by atoms with van der Waals surface area (Å²) in [6, 6.07) is 1.59. The third-order valence-corrected chi connectivity index (χ3v) is 2.85. The lowest BCUT2D eigenvalue weighted by Gasteiger charge is -2.35. The molecule has 1 aliphatic heterocycles. The van der Waals surface area contributed by atoms with Gasteiger partial charge in [-0.05, 0) is 31.5 Å². The van der Waals surface area contributed by atoms with Crippen molar-refractivity contribution in [2.45, 2.75) is 26.1 Å². The van der Waals surface area contributed by atoms with E-state index in [4.69, 9.17) is 20.8 Å². The number of ether oxygens (including phenoxy) is 1. The molecule has 1 aliphatic rings. The average molecular weight is 244 g/mol. The lowest BCUT2D eigenvalue weighted by atomic mass is 10.2. The maximum absolute atomic E-state index is 12.1. The van der Waals surface area contributed by atoms with Crippen LogP contribution in [0.5, 0.6) is 0 Å². The molecule has 0 radical (unpaired) electrons. The van der Waals surface area contributed by atoms with Gasteiger partial charge in [0.25, 0.3) is 5.91 Å². The lowest BCUT2D eigenvalue weighted by Crippen LogP contribution is -2.48. The Kier molecular flexibility index (Phi) is 3.21. The lowest BCUT2D eigenvalue weighted by molar-refractivity contribution is -0.0586. The van der Waals surface area contributed by atoms with Crippen molar-refractivity contribution >= 4 is 17.5 Å². The highest BCUT2D eigenvalue weighted by molar-refractivity contribution is 6.32. The monoisotopic (exact) mass is 243 g/mol. The Morgan fingerprint density at radius 2 is 2.06 bits per heavy atom. The maximum atomic E-state index is 12.1. The van der Waals surface area contributed by atoms with Crippen molar-refractivity contribution < 1.29 is 13.9 Å². The molecule has 1 aromatic rings. The molecule has 5 heteroatoms. The Morgan fingerprint density at radius 3 is 2.56 bits per heavy atom. The van der Waals surface area contributed by atoms with Crippen molar-refractivity contribution in [3.05, 3.63) is 23.1 Å². The predicted molar refractivity (Wildman–Crippen MR) is 59.6 cm³/mol. The SMILES string of the molecule is C[C@@H]1CN(C(=O)c2ccoc2Cl)C[C@H](C)O1. The number of furan rings is 1. The summed E-state index contributed by atoms with van der Waals surface area (Å²) in [7, 11) is 0. The van der Waals surface area contributed by atoms with E-state index in [-0.39, 0.29) is 23.3 Å². The van der Waals surface area contributed by atoms with E-state index < -0.39 is 0 Å². The molecule has 1 saturated heterocycles. The predicted octanol–water partition coefficient (Wildman–Crippen LogP) is 2.18. The number of hydrogen-bond acceptors (Lipinski definition) is 3. The van der Waals surface area contributed by atoms with Gasteiger partial charge in [-0.15, -0.1) is 0 Å². The summed E-state index contributed by atoms with van der Waals surface area (Å²) in [4.78, 5) is 13.8. The van der Waals surface area contributed by atoms with E-state index in [1.54, 1.807) is 11.0 Å². The topological polar surface area (TPSA) is 42.7 Å². The summed E-state index contributed by atoms with van der Waals surface area (Å²) >= 11 is 5.78. The summed E-state index contributed by atoms with van der Waals surface area (Å²) in [6.07, 6.45) is 1.53. The van der Waals surface area contributed by atoms with Gasteiger partial charge in [0.2, 0.25) is 5.22 Å². The fraction of sp³-hybridized carbons (Fsp3) is 0.545. The normalized spacial score (nSPS) is 25.8. The molecule has 0 saturated carbocycles. The van der Waals surface area contributed by atoms with E-state index in [2.05, 4.69) is 0 Å². The Hall–Kier alpha value is -1.00. The first-order valence-electron chi connectivity index (χ1n) is 5.25. The minimum Gasteiger partial charge on any atom is -0.452 e. The number of halogens is 1. The molecule has 0 aromatic carbocycles. The van der Waals surface area contributed by atoms with Gasteiger partial charge < -0.3 is 14.1 Å².